The maximum absolute atomic E-state index is 10.7. The number of carboxylic acid groups (broad SMARTS) is 1. The molecule has 1 aromatic heterocycles. The lowest BCUT2D eigenvalue weighted by molar-refractivity contribution is -0.139. The second-order valence-electron chi connectivity index (χ2n) is 4.78. The van der Waals surface area contributed by atoms with Gasteiger partial charge in [0.05, 0.1) is 11.6 Å². The van der Waals surface area contributed by atoms with Gasteiger partial charge in [0.25, 0.3) is 0 Å². The van der Waals surface area contributed by atoms with E-state index in [4.69, 9.17) is 16.7 Å². The molecule has 1 saturated carbocycles. The number of hydrogen-bond donors (Lipinski definition) is 2. The van der Waals surface area contributed by atoms with E-state index in [-0.39, 0.29) is 6.54 Å². The largest absolute Gasteiger partial charge is 0.480 e. The quantitative estimate of drug-likeness (QED) is 0.837. The SMILES string of the molecule is CCN(CC(=O)O)C1CC(Nc2ccc(Cl)cn2)C1. The summed E-state index contributed by atoms with van der Waals surface area (Å²) in [4.78, 5) is 16.9. The summed E-state index contributed by atoms with van der Waals surface area (Å²) in [6.07, 6.45) is 3.51. The Morgan fingerprint density at radius 2 is 2.32 bits per heavy atom. The molecule has 6 heteroatoms. The van der Waals surface area contributed by atoms with Crippen molar-refractivity contribution in [1.29, 1.82) is 0 Å². The fraction of sp³-hybridized carbons (Fsp3) is 0.538. The molecular weight excluding hydrogens is 266 g/mol. The van der Waals surface area contributed by atoms with Crippen molar-refractivity contribution in [3.8, 4) is 0 Å². The van der Waals surface area contributed by atoms with Crippen LogP contribution in [0.3, 0.4) is 0 Å². The van der Waals surface area contributed by atoms with E-state index in [0.717, 1.165) is 25.2 Å². The minimum atomic E-state index is -0.766. The normalized spacial score (nSPS) is 22.1. The predicted octanol–water partition coefficient (Wildman–Crippen LogP) is 2.08. The van der Waals surface area contributed by atoms with Gasteiger partial charge in [0.1, 0.15) is 5.82 Å². The molecule has 5 nitrogen and oxygen atoms in total. The van der Waals surface area contributed by atoms with Crippen LogP contribution in [0.2, 0.25) is 5.02 Å². The molecule has 1 aromatic rings. The average molecular weight is 284 g/mol. The monoisotopic (exact) mass is 283 g/mol. The lowest BCUT2D eigenvalue weighted by Gasteiger charge is -2.42. The molecule has 2 N–H and O–H groups in total. The molecule has 2 rings (SSSR count). The van der Waals surface area contributed by atoms with Crippen LogP contribution >= 0.6 is 11.6 Å². The number of aromatic nitrogens is 1. The van der Waals surface area contributed by atoms with Gasteiger partial charge in [-0.15, -0.1) is 0 Å². The maximum Gasteiger partial charge on any atom is 0.317 e. The highest BCUT2D eigenvalue weighted by Gasteiger charge is 2.33. The van der Waals surface area contributed by atoms with Gasteiger partial charge in [-0.1, -0.05) is 18.5 Å². The van der Waals surface area contributed by atoms with Gasteiger partial charge in [-0.05, 0) is 31.5 Å². The van der Waals surface area contributed by atoms with E-state index in [9.17, 15) is 4.79 Å². The summed E-state index contributed by atoms with van der Waals surface area (Å²) in [6.45, 7) is 2.88. The van der Waals surface area contributed by atoms with Crippen molar-refractivity contribution in [3.05, 3.63) is 23.4 Å². The van der Waals surface area contributed by atoms with Gasteiger partial charge in [0.15, 0.2) is 0 Å². The minimum Gasteiger partial charge on any atom is -0.480 e. The molecule has 0 atom stereocenters. The Balaban J connectivity index is 1.79. The summed E-state index contributed by atoms with van der Waals surface area (Å²) >= 11 is 5.78. The minimum absolute atomic E-state index is 0.118. The number of nitrogens with zero attached hydrogens (tertiary/aromatic N) is 2. The number of pyridine rings is 1. The van der Waals surface area contributed by atoms with Crippen molar-refractivity contribution < 1.29 is 9.90 Å². The Morgan fingerprint density at radius 1 is 1.58 bits per heavy atom. The Labute approximate surface area is 117 Å². The Bertz CT molecular complexity index is 432. The number of halogens is 1. The van der Waals surface area contributed by atoms with Crippen molar-refractivity contribution in [2.75, 3.05) is 18.4 Å². The van der Waals surface area contributed by atoms with Crippen molar-refractivity contribution in [1.82, 2.24) is 9.88 Å². The summed E-state index contributed by atoms with van der Waals surface area (Å²) in [5.74, 6) is 0.0479. The lowest BCUT2D eigenvalue weighted by Crippen LogP contribution is -2.51. The number of carboxylic acids is 1. The molecule has 1 heterocycles. The van der Waals surface area contributed by atoms with Crippen LogP contribution in [-0.4, -0.2) is 46.1 Å². The van der Waals surface area contributed by atoms with Gasteiger partial charge in [-0.2, -0.15) is 0 Å². The van der Waals surface area contributed by atoms with Gasteiger partial charge in [0.2, 0.25) is 0 Å². The molecule has 0 radical (unpaired) electrons. The molecule has 104 valence electrons. The summed E-state index contributed by atoms with van der Waals surface area (Å²) in [5, 5.41) is 12.8. The molecule has 1 aliphatic carbocycles. The molecule has 0 aromatic carbocycles. The van der Waals surface area contributed by atoms with Crippen LogP contribution in [-0.2, 0) is 4.79 Å². The first kappa shape index (κ1) is 14.1. The Morgan fingerprint density at radius 3 is 2.84 bits per heavy atom. The van der Waals surface area contributed by atoms with Crippen LogP contribution in [0, 0.1) is 0 Å². The predicted molar refractivity (Wildman–Crippen MR) is 74.6 cm³/mol. The van der Waals surface area contributed by atoms with E-state index < -0.39 is 5.97 Å². The average Bonchev–Trinajstić information content (AvgIpc) is 2.33. The molecule has 0 bridgehead atoms. The first-order valence-electron chi connectivity index (χ1n) is 6.42. The van der Waals surface area contributed by atoms with E-state index in [1.165, 1.54) is 0 Å². The van der Waals surface area contributed by atoms with E-state index in [2.05, 4.69) is 10.3 Å². The standard InChI is InChI=1S/C13H18ClN3O2/c1-2-17(8-13(18)19)11-5-10(6-11)16-12-4-3-9(14)7-15-12/h3-4,7,10-11H,2,5-6,8H2,1H3,(H,15,16)(H,18,19). The number of aliphatic carboxylic acids is 1. The lowest BCUT2D eigenvalue weighted by atomic mass is 9.85. The molecule has 0 unspecified atom stereocenters. The van der Waals surface area contributed by atoms with Gasteiger partial charge < -0.3 is 10.4 Å². The molecule has 0 aliphatic heterocycles. The van der Waals surface area contributed by atoms with Gasteiger partial charge in [0, 0.05) is 18.3 Å². The molecule has 1 aliphatic rings. The van der Waals surface area contributed by atoms with Crippen molar-refractivity contribution in [3.63, 3.8) is 0 Å². The highest BCUT2D eigenvalue weighted by molar-refractivity contribution is 6.30. The van der Waals surface area contributed by atoms with Crippen LogP contribution in [0.1, 0.15) is 19.8 Å². The zero-order chi connectivity index (χ0) is 13.8. The van der Waals surface area contributed by atoms with Crippen molar-refractivity contribution in [2.24, 2.45) is 0 Å². The zero-order valence-corrected chi connectivity index (χ0v) is 11.6. The Kier molecular flexibility index (Phi) is 4.61. The molecule has 1 fully saturated rings. The second kappa shape index (κ2) is 6.21. The summed E-state index contributed by atoms with van der Waals surface area (Å²) in [6, 6.07) is 4.37. The smallest absolute Gasteiger partial charge is 0.317 e. The summed E-state index contributed by atoms with van der Waals surface area (Å²) in [7, 11) is 0. The number of carbonyl (C=O) groups is 1. The van der Waals surface area contributed by atoms with Gasteiger partial charge >= 0.3 is 5.97 Å². The first-order valence-corrected chi connectivity index (χ1v) is 6.80. The van der Waals surface area contributed by atoms with E-state index in [0.29, 0.717) is 17.1 Å². The van der Waals surface area contributed by atoms with Gasteiger partial charge in [-0.3, -0.25) is 9.69 Å². The molecule has 0 saturated heterocycles. The maximum atomic E-state index is 10.7. The third-order valence-corrected chi connectivity index (χ3v) is 3.68. The highest BCUT2D eigenvalue weighted by atomic mass is 35.5. The molecule has 19 heavy (non-hydrogen) atoms. The van der Waals surface area contributed by atoms with Crippen LogP contribution in [0.5, 0.6) is 0 Å². The van der Waals surface area contributed by atoms with Crippen molar-refractivity contribution >= 4 is 23.4 Å². The van der Waals surface area contributed by atoms with Gasteiger partial charge in [-0.25, -0.2) is 4.98 Å². The Hall–Kier alpha value is -1.33. The summed E-state index contributed by atoms with van der Waals surface area (Å²) in [5.41, 5.74) is 0. The third-order valence-electron chi connectivity index (χ3n) is 3.45. The third kappa shape index (κ3) is 3.81. The number of hydrogen-bond acceptors (Lipinski definition) is 4. The fourth-order valence-electron chi connectivity index (χ4n) is 2.35. The molecular formula is C13H18ClN3O2. The second-order valence-corrected chi connectivity index (χ2v) is 5.22. The number of anilines is 1. The van der Waals surface area contributed by atoms with E-state index >= 15 is 0 Å². The summed E-state index contributed by atoms with van der Waals surface area (Å²) < 4.78 is 0. The van der Waals surface area contributed by atoms with E-state index in [1.807, 2.05) is 17.9 Å². The molecule has 0 amide bonds. The van der Waals surface area contributed by atoms with Crippen molar-refractivity contribution in [2.45, 2.75) is 31.8 Å². The topological polar surface area (TPSA) is 65.5 Å². The zero-order valence-electron chi connectivity index (χ0n) is 10.8. The number of likely N-dealkylation sites (N-methyl/N-ethyl adjacent to an activating group) is 1. The first-order chi connectivity index (χ1) is 9.08. The van der Waals surface area contributed by atoms with Crippen LogP contribution in [0.4, 0.5) is 5.82 Å². The van der Waals surface area contributed by atoms with E-state index in [1.54, 1.807) is 12.3 Å². The van der Waals surface area contributed by atoms with Crippen LogP contribution in [0.25, 0.3) is 0 Å². The highest BCUT2D eigenvalue weighted by Crippen LogP contribution is 2.28. The number of rotatable bonds is 6. The number of nitrogens with one attached hydrogen (secondary N) is 1. The van der Waals surface area contributed by atoms with Crippen LogP contribution < -0.4 is 5.32 Å². The fourth-order valence-corrected chi connectivity index (χ4v) is 2.46. The van der Waals surface area contributed by atoms with Crippen LogP contribution in [0.15, 0.2) is 18.3 Å². The molecule has 0 spiro atoms.